The van der Waals surface area contributed by atoms with Gasteiger partial charge in [0.05, 0.1) is 5.71 Å². The molecule has 2 N–H and O–H groups in total. The zero-order chi connectivity index (χ0) is 15.2. The van der Waals surface area contributed by atoms with Crippen LogP contribution in [0, 0.1) is 0 Å². The van der Waals surface area contributed by atoms with Crippen LogP contribution in [0.15, 0.2) is 70.7 Å². The number of nitrogens with zero attached hydrogens (tertiary/aromatic N) is 3. The van der Waals surface area contributed by atoms with Gasteiger partial charge in [-0.3, -0.25) is 0 Å². The Morgan fingerprint density at radius 2 is 1.86 bits per heavy atom. The zero-order valence-electron chi connectivity index (χ0n) is 11.8. The van der Waals surface area contributed by atoms with Crippen LogP contribution in [-0.2, 0) is 0 Å². The number of aliphatic imine (C=N–C) groups is 1. The summed E-state index contributed by atoms with van der Waals surface area (Å²) in [6, 6.07) is 9.49. The zero-order valence-corrected chi connectivity index (χ0v) is 11.8. The lowest BCUT2D eigenvalue weighted by Gasteiger charge is -2.00. The van der Waals surface area contributed by atoms with Crippen molar-refractivity contribution >= 4 is 11.4 Å². The first-order chi connectivity index (χ1) is 10.2. The van der Waals surface area contributed by atoms with Gasteiger partial charge in [-0.2, -0.15) is 0 Å². The standard InChI is InChI=1S/C16H16N4O/c1-4-13(5-2)18-14(11(3)17)16-20-19-15(21-16)12-9-7-6-8-10-12/h4-10H,1-2,17H2,3H3/b14-11+. The van der Waals surface area contributed by atoms with E-state index in [4.69, 9.17) is 10.2 Å². The Bertz CT molecular complexity index is 697. The Morgan fingerprint density at radius 1 is 1.19 bits per heavy atom. The Morgan fingerprint density at radius 3 is 2.43 bits per heavy atom. The van der Waals surface area contributed by atoms with E-state index in [9.17, 15) is 0 Å². The van der Waals surface area contributed by atoms with Crippen molar-refractivity contribution in [2.45, 2.75) is 6.92 Å². The van der Waals surface area contributed by atoms with Gasteiger partial charge in [0.2, 0.25) is 5.89 Å². The molecule has 5 nitrogen and oxygen atoms in total. The SMILES string of the molecule is C=CC(C=C)=N/C(=C(\C)N)c1nnc(-c2ccccc2)o1. The molecule has 1 heterocycles. The van der Waals surface area contributed by atoms with Crippen LogP contribution in [0.4, 0.5) is 0 Å². The molecule has 21 heavy (non-hydrogen) atoms. The molecule has 1 aromatic heterocycles. The van der Waals surface area contributed by atoms with Crippen LogP contribution in [0.25, 0.3) is 17.2 Å². The lowest BCUT2D eigenvalue weighted by atomic mass is 10.2. The number of hydrogen-bond donors (Lipinski definition) is 1. The molecule has 5 heteroatoms. The van der Waals surface area contributed by atoms with Crippen molar-refractivity contribution in [3.8, 4) is 11.5 Å². The molecule has 2 rings (SSSR count). The highest BCUT2D eigenvalue weighted by Gasteiger charge is 2.14. The summed E-state index contributed by atoms with van der Waals surface area (Å²) < 4.78 is 5.65. The molecule has 0 aliphatic heterocycles. The van der Waals surface area contributed by atoms with E-state index < -0.39 is 0 Å². The van der Waals surface area contributed by atoms with Crippen molar-refractivity contribution in [1.29, 1.82) is 0 Å². The molecular formula is C16H16N4O. The summed E-state index contributed by atoms with van der Waals surface area (Å²) in [6.45, 7) is 9.03. The molecule has 0 aliphatic carbocycles. The molecule has 0 amide bonds. The van der Waals surface area contributed by atoms with Crippen LogP contribution < -0.4 is 5.73 Å². The van der Waals surface area contributed by atoms with Gasteiger partial charge in [0.15, 0.2) is 0 Å². The molecule has 0 atom stereocenters. The van der Waals surface area contributed by atoms with Gasteiger partial charge in [0, 0.05) is 11.3 Å². The van der Waals surface area contributed by atoms with Gasteiger partial charge in [-0.25, -0.2) is 4.99 Å². The molecule has 106 valence electrons. The summed E-state index contributed by atoms with van der Waals surface area (Å²) >= 11 is 0. The molecular weight excluding hydrogens is 264 g/mol. The maximum atomic E-state index is 5.85. The molecule has 0 unspecified atom stereocenters. The monoisotopic (exact) mass is 280 g/mol. The molecule has 1 aromatic carbocycles. The summed E-state index contributed by atoms with van der Waals surface area (Å²) in [4.78, 5) is 4.33. The van der Waals surface area contributed by atoms with Crippen molar-refractivity contribution in [1.82, 2.24) is 10.2 Å². The van der Waals surface area contributed by atoms with Gasteiger partial charge in [-0.15, -0.1) is 10.2 Å². The summed E-state index contributed by atoms with van der Waals surface area (Å²) in [6.07, 6.45) is 3.15. The molecule has 0 spiro atoms. The van der Waals surface area contributed by atoms with E-state index in [0.717, 1.165) is 5.56 Å². The molecule has 0 aliphatic rings. The average Bonchev–Trinajstić information content (AvgIpc) is 2.98. The lowest BCUT2D eigenvalue weighted by Crippen LogP contribution is -1.99. The summed E-state index contributed by atoms with van der Waals surface area (Å²) in [5, 5.41) is 8.03. The third-order valence-corrected chi connectivity index (χ3v) is 2.68. The average molecular weight is 280 g/mol. The largest absolute Gasteiger partial charge is 0.415 e. The third-order valence-electron chi connectivity index (χ3n) is 2.68. The summed E-state index contributed by atoms with van der Waals surface area (Å²) in [5.74, 6) is 0.674. The van der Waals surface area contributed by atoms with Gasteiger partial charge in [0.1, 0.15) is 5.70 Å². The minimum atomic E-state index is 0.259. The van der Waals surface area contributed by atoms with E-state index in [-0.39, 0.29) is 5.89 Å². The number of benzene rings is 1. The maximum Gasteiger partial charge on any atom is 0.268 e. The van der Waals surface area contributed by atoms with Gasteiger partial charge >= 0.3 is 0 Å². The predicted octanol–water partition coefficient (Wildman–Crippen LogP) is 3.20. The fourth-order valence-corrected chi connectivity index (χ4v) is 1.62. The molecule has 0 saturated carbocycles. The minimum absolute atomic E-state index is 0.259. The predicted molar refractivity (Wildman–Crippen MR) is 84.3 cm³/mol. The second kappa shape index (κ2) is 6.47. The normalized spacial score (nSPS) is 11.5. The van der Waals surface area contributed by atoms with E-state index in [0.29, 0.717) is 23.0 Å². The highest BCUT2D eigenvalue weighted by Crippen LogP contribution is 2.23. The van der Waals surface area contributed by atoms with E-state index in [2.05, 4.69) is 28.3 Å². The maximum absolute atomic E-state index is 5.85. The summed E-state index contributed by atoms with van der Waals surface area (Å²) in [7, 11) is 0. The van der Waals surface area contributed by atoms with Gasteiger partial charge in [0.25, 0.3) is 5.89 Å². The van der Waals surface area contributed by atoms with E-state index in [1.807, 2.05) is 30.3 Å². The smallest absolute Gasteiger partial charge is 0.268 e. The number of rotatable bonds is 5. The van der Waals surface area contributed by atoms with E-state index >= 15 is 0 Å². The van der Waals surface area contributed by atoms with E-state index in [1.54, 1.807) is 19.1 Å². The topological polar surface area (TPSA) is 77.3 Å². The summed E-state index contributed by atoms with van der Waals surface area (Å²) in [5.41, 5.74) is 8.15. The minimum Gasteiger partial charge on any atom is -0.415 e. The van der Waals surface area contributed by atoms with Gasteiger partial charge < -0.3 is 10.2 Å². The number of allylic oxidation sites excluding steroid dienone is 3. The Balaban J connectivity index is 2.43. The number of nitrogens with two attached hydrogens (primary N) is 1. The fraction of sp³-hybridized carbons (Fsp3) is 0.0625. The second-order valence-electron chi connectivity index (χ2n) is 4.25. The Labute approximate surface area is 123 Å². The van der Waals surface area contributed by atoms with Crippen molar-refractivity contribution in [2.24, 2.45) is 10.7 Å². The third kappa shape index (κ3) is 3.33. The molecule has 0 radical (unpaired) electrons. The highest BCUT2D eigenvalue weighted by molar-refractivity contribution is 6.05. The van der Waals surface area contributed by atoms with Crippen LogP contribution in [0.2, 0.25) is 0 Å². The van der Waals surface area contributed by atoms with E-state index in [1.165, 1.54) is 0 Å². The first-order valence-corrected chi connectivity index (χ1v) is 6.35. The lowest BCUT2D eigenvalue weighted by molar-refractivity contribution is 0.551. The highest BCUT2D eigenvalue weighted by atomic mass is 16.4. The number of aromatic nitrogens is 2. The van der Waals surface area contributed by atoms with Crippen molar-refractivity contribution in [3.63, 3.8) is 0 Å². The van der Waals surface area contributed by atoms with Gasteiger partial charge in [-0.05, 0) is 31.2 Å². The molecule has 0 bridgehead atoms. The fourth-order valence-electron chi connectivity index (χ4n) is 1.62. The van der Waals surface area contributed by atoms with Gasteiger partial charge in [-0.1, -0.05) is 31.4 Å². The number of hydrogen-bond acceptors (Lipinski definition) is 5. The first-order valence-electron chi connectivity index (χ1n) is 6.35. The van der Waals surface area contributed by atoms with Crippen LogP contribution in [0.1, 0.15) is 12.8 Å². The van der Waals surface area contributed by atoms with Crippen LogP contribution in [-0.4, -0.2) is 15.9 Å². The Hall–Kier alpha value is -2.95. The van der Waals surface area contributed by atoms with Crippen LogP contribution >= 0.6 is 0 Å². The molecule has 0 saturated heterocycles. The molecule has 2 aromatic rings. The molecule has 0 fully saturated rings. The van der Waals surface area contributed by atoms with Crippen molar-refractivity contribution in [2.75, 3.05) is 0 Å². The van der Waals surface area contributed by atoms with Crippen LogP contribution in [0.3, 0.4) is 0 Å². The Kier molecular flexibility index (Phi) is 4.46. The van der Waals surface area contributed by atoms with Crippen molar-refractivity contribution in [3.05, 3.63) is 67.2 Å². The quantitative estimate of drug-likeness (QED) is 0.853. The van der Waals surface area contributed by atoms with Crippen molar-refractivity contribution < 1.29 is 4.42 Å². The van der Waals surface area contributed by atoms with Crippen LogP contribution in [0.5, 0.6) is 0 Å². The first kappa shape index (κ1) is 14.5. The second-order valence-corrected chi connectivity index (χ2v) is 4.25.